The lowest BCUT2D eigenvalue weighted by Gasteiger charge is -2.17. The van der Waals surface area contributed by atoms with Gasteiger partial charge in [-0.3, -0.25) is 9.48 Å². The van der Waals surface area contributed by atoms with Crippen LogP contribution in [-0.4, -0.2) is 22.5 Å². The maximum Gasteiger partial charge on any atom is 0.231 e. The topological polar surface area (TPSA) is 65.4 Å². The molecular weight excluding hydrogens is 282 g/mol. The lowest BCUT2D eigenvalue weighted by molar-refractivity contribution is -0.121. The van der Waals surface area contributed by atoms with Gasteiger partial charge in [-0.15, -0.1) is 0 Å². The van der Waals surface area contributed by atoms with Crippen molar-refractivity contribution in [3.05, 3.63) is 41.7 Å². The first-order chi connectivity index (χ1) is 10.7. The molecule has 1 amide bonds. The minimum absolute atomic E-state index is 0.0214. The highest BCUT2D eigenvalue weighted by Crippen LogP contribution is 2.32. The minimum Gasteiger partial charge on any atom is -0.454 e. The molecule has 0 saturated carbocycles. The molecule has 0 radical (unpaired) electrons. The molecule has 1 aromatic carbocycles. The van der Waals surface area contributed by atoms with E-state index in [4.69, 9.17) is 9.47 Å². The SMILES string of the molecule is CCC(NC(=O)Cc1ccc2c(c1)OCO2)c1ccnn1C. The van der Waals surface area contributed by atoms with Gasteiger partial charge < -0.3 is 14.8 Å². The number of benzene rings is 1. The Morgan fingerprint density at radius 3 is 2.91 bits per heavy atom. The van der Waals surface area contributed by atoms with Crippen LogP contribution in [0.4, 0.5) is 0 Å². The third-order valence-corrected chi connectivity index (χ3v) is 3.76. The molecule has 0 fully saturated rings. The number of carbonyl (C=O) groups excluding carboxylic acids is 1. The summed E-state index contributed by atoms with van der Waals surface area (Å²) in [5.74, 6) is 1.40. The first kappa shape index (κ1) is 14.4. The summed E-state index contributed by atoms with van der Waals surface area (Å²) in [7, 11) is 1.88. The highest BCUT2D eigenvalue weighted by atomic mass is 16.7. The summed E-state index contributed by atoms with van der Waals surface area (Å²) in [6.45, 7) is 2.28. The summed E-state index contributed by atoms with van der Waals surface area (Å²) in [4.78, 5) is 12.3. The third kappa shape index (κ3) is 2.90. The van der Waals surface area contributed by atoms with E-state index in [0.717, 1.165) is 23.4 Å². The van der Waals surface area contributed by atoms with Crippen molar-refractivity contribution >= 4 is 5.91 Å². The first-order valence-electron chi connectivity index (χ1n) is 7.33. The number of nitrogens with one attached hydrogen (secondary N) is 1. The Labute approximate surface area is 129 Å². The fourth-order valence-corrected chi connectivity index (χ4v) is 2.59. The number of hydrogen-bond donors (Lipinski definition) is 1. The second-order valence-electron chi connectivity index (χ2n) is 5.27. The number of amides is 1. The van der Waals surface area contributed by atoms with Crippen molar-refractivity contribution in [2.24, 2.45) is 7.05 Å². The normalized spacial score (nSPS) is 13.9. The number of fused-ring (bicyclic) bond motifs is 1. The Kier molecular flexibility index (Phi) is 4.00. The van der Waals surface area contributed by atoms with Crippen LogP contribution in [0.3, 0.4) is 0 Å². The van der Waals surface area contributed by atoms with Crippen molar-refractivity contribution in [1.29, 1.82) is 0 Å². The maximum absolute atomic E-state index is 12.3. The molecule has 0 bridgehead atoms. The van der Waals surface area contributed by atoms with E-state index in [1.165, 1.54) is 0 Å². The van der Waals surface area contributed by atoms with E-state index in [9.17, 15) is 4.79 Å². The van der Waals surface area contributed by atoms with Crippen LogP contribution >= 0.6 is 0 Å². The first-order valence-corrected chi connectivity index (χ1v) is 7.33. The summed E-state index contributed by atoms with van der Waals surface area (Å²) in [5.41, 5.74) is 1.91. The van der Waals surface area contributed by atoms with Crippen LogP contribution in [0, 0.1) is 0 Å². The number of aromatic nitrogens is 2. The summed E-state index contributed by atoms with van der Waals surface area (Å²) in [6.07, 6.45) is 2.86. The van der Waals surface area contributed by atoms with E-state index in [1.54, 1.807) is 10.9 Å². The Hall–Kier alpha value is -2.50. The summed E-state index contributed by atoms with van der Waals surface area (Å²) >= 11 is 0. The zero-order valence-corrected chi connectivity index (χ0v) is 12.7. The number of carbonyl (C=O) groups is 1. The second-order valence-corrected chi connectivity index (χ2v) is 5.27. The van der Waals surface area contributed by atoms with Gasteiger partial charge in [0.2, 0.25) is 12.7 Å². The van der Waals surface area contributed by atoms with Gasteiger partial charge in [-0.2, -0.15) is 5.10 Å². The van der Waals surface area contributed by atoms with Gasteiger partial charge in [0.1, 0.15) is 0 Å². The van der Waals surface area contributed by atoms with Crippen molar-refractivity contribution in [2.75, 3.05) is 6.79 Å². The largest absolute Gasteiger partial charge is 0.454 e. The molecule has 0 spiro atoms. The molecule has 1 aliphatic rings. The number of nitrogens with zero attached hydrogens (tertiary/aromatic N) is 2. The molecule has 1 N–H and O–H groups in total. The molecule has 116 valence electrons. The molecule has 1 aromatic heterocycles. The second kappa shape index (κ2) is 6.09. The summed E-state index contributed by atoms with van der Waals surface area (Å²) < 4.78 is 12.4. The summed E-state index contributed by atoms with van der Waals surface area (Å²) in [5, 5.41) is 7.21. The van der Waals surface area contributed by atoms with Gasteiger partial charge in [0.15, 0.2) is 11.5 Å². The Morgan fingerprint density at radius 2 is 2.18 bits per heavy atom. The van der Waals surface area contributed by atoms with E-state index in [2.05, 4.69) is 10.4 Å². The fourth-order valence-electron chi connectivity index (χ4n) is 2.59. The van der Waals surface area contributed by atoms with Crippen LogP contribution in [0.2, 0.25) is 0 Å². The van der Waals surface area contributed by atoms with Crippen LogP contribution in [0.5, 0.6) is 11.5 Å². The van der Waals surface area contributed by atoms with Crippen LogP contribution in [-0.2, 0) is 18.3 Å². The highest BCUT2D eigenvalue weighted by Gasteiger charge is 2.18. The van der Waals surface area contributed by atoms with Crippen molar-refractivity contribution in [1.82, 2.24) is 15.1 Å². The van der Waals surface area contributed by atoms with Crippen LogP contribution < -0.4 is 14.8 Å². The van der Waals surface area contributed by atoms with E-state index in [-0.39, 0.29) is 18.7 Å². The molecule has 6 nitrogen and oxygen atoms in total. The molecule has 3 rings (SSSR count). The van der Waals surface area contributed by atoms with E-state index >= 15 is 0 Å². The van der Waals surface area contributed by atoms with Gasteiger partial charge in [0, 0.05) is 13.2 Å². The molecule has 1 unspecified atom stereocenters. The van der Waals surface area contributed by atoms with E-state index in [1.807, 2.05) is 38.2 Å². The average Bonchev–Trinajstić information content (AvgIpc) is 3.13. The zero-order chi connectivity index (χ0) is 15.5. The van der Waals surface area contributed by atoms with Gasteiger partial charge in [-0.05, 0) is 30.2 Å². The van der Waals surface area contributed by atoms with Gasteiger partial charge >= 0.3 is 0 Å². The Balaban J connectivity index is 1.65. The maximum atomic E-state index is 12.3. The standard InChI is InChI=1S/C16H19N3O3/c1-3-12(13-6-7-17-19(13)2)18-16(20)9-11-4-5-14-15(8-11)22-10-21-14/h4-8,12H,3,9-10H2,1-2H3,(H,18,20). The lowest BCUT2D eigenvalue weighted by atomic mass is 10.1. The third-order valence-electron chi connectivity index (χ3n) is 3.76. The molecule has 1 aliphatic heterocycles. The quantitative estimate of drug-likeness (QED) is 0.917. The molecule has 22 heavy (non-hydrogen) atoms. The van der Waals surface area contributed by atoms with E-state index < -0.39 is 0 Å². The predicted octanol–water partition coefficient (Wildman–Crippen LogP) is 1.96. The van der Waals surface area contributed by atoms with Crippen molar-refractivity contribution in [3.63, 3.8) is 0 Å². The highest BCUT2D eigenvalue weighted by molar-refractivity contribution is 5.79. The van der Waals surface area contributed by atoms with Gasteiger partial charge in [-0.1, -0.05) is 13.0 Å². The monoisotopic (exact) mass is 301 g/mol. The van der Waals surface area contributed by atoms with Crippen molar-refractivity contribution < 1.29 is 14.3 Å². The van der Waals surface area contributed by atoms with Crippen LogP contribution in [0.25, 0.3) is 0 Å². The van der Waals surface area contributed by atoms with Crippen molar-refractivity contribution in [3.8, 4) is 11.5 Å². The Bertz CT molecular complexity index is 681. The van der Waals surface area contributed by atoms with Crippen LogP contribution in [0.15, 0.2) is 30.5 Å². The Morgan fingerprint density at radius 1 is 1.36 bits per heavy atom. The van der Waals surface area contributed by atoms with Crippen molar-refractivity contribution in [2.45, 2.75) is 25.8 Å². The van der Waals surface area contributed by atoms with Gasteiger partial charge in [0.05, 0.1) is 18.2 Å². The molecular formula is C16H19N3O3. The molecule has 2 heterocycles. The molecule has 2 aromatic rings. The average molecular weight is 301 g/mol. The predicted molar refractivity (Wildman–Crippen MR) is 80.7 cm³/mol. The molecule has 0 aliphatic carbocycles. The number of aryl methyl sites for hydroxylation is 1. The molecule has 0 saturated heterocycles. The van der Waals surface area contributed by atoms with E-state index in [0.29, 0.717) is 12.2 Å². The van der Waals surface area contributed by atoms with Gasteiger partial charge in [0.25, 0.3) is 0 Å². The number of ether oxygens (including phenoxy) is 2. The lowest BCUT2D eigenvalue weighted by Crippen LogP contribution is -2.30. The molecule has 1 atom stereocenters. The molecule has 6 heteroatoms. The minimum atomic E-state index is -0.0333. The summed E-state index contributed by atoms with van der Waals surface area (Å²) in [6, 6.07) is 7.47. The number of hydrogen-bond acceptors (Lipinski definition) is 4. The fraction of sp³-hybridized carbons (Fsp3) is 0.375. The van der Waals surface area contributed by atoms with Crippen LogP contribution in [0.1, 0.15) is 30.6 Å². The zero-order valence-electron chi connectivity index (χ0n) is 12.7. The van der Waals surface area contributed by atoms with Gasteiger partial charge in [-0.25, -0.2) is 0 Å². The smallest absolute Gasteiger partial charge is 0.231 e. The number of rotatable bonds is 5.